The van der Waals surface area contributed by atoms with E-state index in [9.17, 15) is 14.4 Å². The number of anilines is 1. The SMILES string of the molecule is CC(C)COC(=O)CC1C(=O)NCCN1C(=O)CNc1ccc2ccccc2c1. The van der Waals surface area contributed by atoms with Crippen LogP contribution < -0.4 is 10.6 Å². The summed E-state index contributed by atoms with van der Waals surface area (Å²) in [5.74, 6) is -0.810. The molecule has 1 atom stereocenters. The number of carbonyl (C=O) groups is 3. The van der Waals surface area contributed by atoms with Crippen molar-refractivity contribution < 1.29 is 19.1 Å². The van der Waals surface area contributed by atoms with Crippen molar-refractivity contribution >= 4 is 34.2 Å². The predicted molar refractivity (Wildman–Crippen MR) is 111 cm³/mol. The molecule has 2 aromatic carbocycles. The molecule has 3 rings (SSSR count). The summed E-state index contributed by atoms with van der Waals surface area (Å²) in [6, 6.07) is 13.0. The Bertz CT molecular complexity index is 897. The number of amides is 2. The van der Waals surface area contributed by atoms with Crippen molar-refractivity contribution in [1.82, 2.24) is 10.2 Å². The number of rotatable bonds is 7. The van der Waals surface area contributed by atoms with Gasteiger partial charge in [-0.05, 0) is 28.8 Å². The number of esters is 1. The minimum atomic E-state index is -0.839. The lowest BCUT2D eigenvalue weighted by Gasteiger charge is -2.34. The molecule has 1 heterocycles. The van der Waals surface area contributed by atoms with Crippen LogP contribution >= 0.6 is 0 Å². The Morgan fingerprint density at radius 1 is 1.21 bits per heavy atom. The maximum Gasteiger partial charge on any atom is 0.308 e. The second kappa shape index (κ2) is 9.41. The van der Waals surface area contributed by atoms with E-state index in [4.69, 9.17) is 4.74 Å². The van der Waals surface area contributed by atoms with Crippen LogP contribution in [-0.2, 0) is 19.1 Å². The summed E-state index contributed by atoms with van der Waals surface area (Å²) in [6.07, 6.45) is -0.139. The molecular weight excluding hydrogens is 370 g/mol. The topological polar surface area (TPSA) is 87.7 Å². The fraction of sp³-hybridized carbons (Fsp3) is 0.409. The van der Waals surface area contributed by atoms with E-state index in [1.807, 2.05) is 56.3 Å². The molecule has 154 valence electrons. The number of piperazine rings is 1. The first-order valence-corrected chi connectivity index (χ1v) is 9.89. The van der Waals surface area contributed by atoms with E-state index >= 15 is 0 Å². The molecule has 0 aliphatic carbocycles. The first kappa shape index (κ1) is 20.6. The highest BCUT2D eigenvalue weighted by Crippen LogP contribution is 2.19. The number of nitrogens with one attached hydrogen (secondary N) is 2. The van der Waals surface area contributed by atoms with Crippen molar-refractivity contribution in [1.29, 1.82) is 0 Å². The number of hydrogen-bond donors (Lipinski definition) is 2. The van der Waals surface area contributed by atoms with Gasteiger partial charge < -0.3 is 20.3 Å². The molecule has 7 heteroatoms. The lowest BCUT2D eigenvalue weighted by molar-refractivity contribution is -0.152. The van der Waals surface area contributed by atoms with E-state index in [1.165, 1.54) is 4.90 Å². The van der Waals surface area contributed by atoms with Crippen LogP contribution in [0.15, 0.2) is 42.5 Å². The predicted octanol–water partition coefficient (Wildman–Crippen LogP) is 2.17. The Morgan fingerprint density at radius 2 is 1.97 bits per heavy atom. The van der Waals surface area contributed by atoms with Crippen LogP contribution in [0.5, 0.6) is 0 Å². The van der Waals surface area contributed by atoms with E-state index in [0.29, 0.717) is 19.7 Å². The lowest BCUT2D eigenvalue weighted by atomic mass is 10.1. The van der Waals surface area contributed by atoms with Crippen LogP contribution in [0.1, 0.15) is 20.3 Å². The molecule has 29 heavy (non-hydrogen) atoms. The fourth-order valence-corrected chi connectivity index (χ4v) is 3.27. The van der Waals surface area contributed by atoms with Crippen molar-refractivity contribution in [3.63, 3.8) is 0 Å². The van der Waals surface area contributed by atoms with Gasteiger partial charge in [0.25, 0.3) is 0 Å². The van der Waals surface area contributed by atoms with Gasteiger partial charge in [-0.15, -0.1) is 0 Å². The van der Waals surface area contributed by atoms with Crippen LogP contribution in [0.3, 0.4) is 0 Å². The van der Waals surface area contributed by atoms with E-state index in [0.717, 1.165) is 16.5 Å². The van der Waals surface area contributed by atoms with Crippen molar-refractivity contribution in [2.24, 2.45) is 5.92 Å². The third-order valence-electron chi connectivity index (χ3n) is 4.78. The van der Waals surface area contributed by atoms with Crippen molar-refractivity contribution in [3.8, 4) is 0 Å². The van der Waals surface area contributed by atoms with Crippen molar-refractivity contribution in [3.05, 3.63) is 42.5 Å². The van der Waals surface area contributed by atoms with Gasteiger partial charge in [-0.3, -0.25) is 14.4 Å². The van der Waals surface area contributed by atoms with Crippen LogP contribution in [-0.4, -0.2) is 55.0 Å². The summed E-state index contributed by atoms with van der Waals surface area (Å²) in [4.78, 5) is 38.6. The first-order valence-electron chi connectivity index (χ1n) is 9.89. The smallest absolute Gasteiger partial charge is 0.308 e. The molecule has 2 amide bonds. The standard InChI is InChI=1S/C22H27N3O4/c1-15(2)14-29-21(27)12-19-22(28)23-9-10-25(19)20(26)13-24-18-8-7-16-5-3-4-6-17(16)11-18/h3-8,11,15,19,24H,9-10,12-14H2,1-2H3,(H,23,28). The zero-order valence-electron chi connectivity index (χ0n) is 16.8. The highest BCUT2D eigenvalue weighted by Gasteiger charge is 2.35. The molecular formula is C22H27N3O4. The Labute approximate surface area is 170 Å². The molecule has 0 radical (unpaired) electrons. The number of benzene rings is 2. The third-order valence-corrected chi connectivity index (χ3v) is 4.78. The Kier molecular flexibility index (Phi) is 6.69. The average molecular weight is 397 g/mol. The summed E-state index contributed by atoms with van der Waals surface area (Å²) in [6.45, 7) is 4.96. The number of hydrogen-bond acceptors (Lipinski definition) is 5. The summed E-state index contributed by atoms with van der Waals surface area (Å²) >= 11 is 0. The van der Waals surface area contributed by atoms with Crippen LogP contribution in [0.4, 0.5) is 5.69 Å². The van der Waals surface area contributed by atoms with Gasteiger partial charge in [0.2, 0.25) is 11.8 Å². The van der Waals surface area contributed by atoms with Gasteiger partial charge in [0.05, 0.1) is 19.6 Å². The van der Waals surface area contributed by atoms with E-state index < -0.39 is 12.0 Å². The second-order valence-electron chi connectivity index (χ2n) is 7.59. The van der Waals surface area contributed by atoms with Gasteiger partial charge in [0.15, 0.2) is 0 Å². The van der Waals surface area contributed by atoms with Crippen LogP contribution in [0.25, 0.3) is 10.8 Å². The maximum atomic E-state index is 12.8. The first-order chi connectivity index (χ1) is 13.9. The van der Waals surface area contributed by atoms with Crippen molar-refractivity contribution in [2.75, 3.05) is 31.6 Å². The van der Waals surface area contributed by atoms with E-state index in [2.05, 4.69) is 10.6 Å². The summed E-state index contributed by atoms with van der Waals surface area (Å²) in [7, 11) is 0. The summed E-state index contributed by atoms with van der Waals surface area (Å²) in [5, 5.41) is 8.04. The van der Waals surface area contributed by atoms with Crippen molar-refractivity contribution in [2.45, 2.75) is 26.3 Å². The molecule has 0 spiro atoms. The fourth-order valence-electron chi connectivity index (χ4n) is 3.27. The van der Waals surface area contributed by atoms with Gasteiger partial charge in [-0.2, -0.15) is 0 Å². The van der Waals surface area contributed by atoms with Gasteiger partial charge in [-0.25, -0.2) is 0 Å². The minimum Gasteiger partial charge on any atom is -0.465 e. The highest BCUT2D eigenvalue weighted by molar-refractivity contribution is 5.93. The Balaban J connectivity index is 1.61. The average Bonchev–Trinajstić information content (AvgIpc) is 2.71. The normalized spacial score (nSPS) is 16.6. The number of carbonyl (C=O) groups excluding carboxylic acids is 3. The molecule has 1 aliphatic rings. The van der Waals surface area contributed by atoms with Crippen LogP contribution in [0.2, 0.25) is 0 Å². The zero-order valence-corrected chi connectivity index (χ0v) is 16.8. The molecule has 2 aromatic rings. The second-order valence-corrected chi connectivity index (χ2v) is 7.59. The van der Waals surface area contributed by atoms with E-state index in [1.54, 1.807) is 0 Å². The molecule has 0 saturated carbocycles. The van der Waals surface area contributed by atoms with E-state index in [-0.39, 0.29) is 30.7 Å². The maximum absolute atomic E-state index is 12.8. The Hall–Kier alpha value is -3.09. The minimum absolute atomic E-state index is 0.0448. The van der Waals surface area contributed by atoms with Gasteiger partial charge >= 0.3 is 5.97 Å². The zero-order chi connectivity index (χ0) is 20.8. The largest absolute Gasteiger partial charge is 0.465 e. The van der Waals surface area contributed by atoms with Crippen LogP contribution in [0, 0.1) is 5.92 Å². The molecule has 2 N–H and O–H groups in total. The summed E-state index contributed by atoms with van der Waals surface area (Å²) < 4.78 is 5.18. The number of ether oxygens (including phenoxy) is 1. The molecule has 0 bridgehead atoms. The molecule has 0 aromatic heterocycles. The van der Waals surface area contributed by atoms with Gasteiger partial charge in [0.1, 0.15) is 6.04 Å². The monoisotopic (exact) mass is 397 g/mol. The van der Waals surface area contributed by atoms with Gasteiger partial charge in [-0.1, -0.05) is 44.2 Å². The highest BCUT2D eigenvalue weighted by atomic mass is 16.5. The number of fused-ring (bicyclic) bond motifs is 1. The lowest BCUT2D eigenvalue weighted by Crippen LogP contribution is -2.58. The quantitative estimate of drug-likeness (QED) is 0.699. The number of nitrogens with zero attached hydrogens (tertiary/aromatic N) is 1. The molecule has 1 fully saturated rings. The molecule has 7 nitrogen and oxygen atoms in total. The third kappa shape index (κ3) is 5.47. The molecule has 1 saturated heterocycles. The molecule has 1 unspecified atom stereocenters. The van der Waals surface area contributed by atoms with Gasteiger partial charge in [0, 0.05) is 18.8 Å². The Morgan fingerprint density at radius 3 is 2.72 bits per heavy atom. The summed E-state index contributed by atoms with van der Waals surface area (Å²) in [5.41, 5.74) is 0.825. The molecule has 1 aliphatic heterocycles.